The van der Waals surface area contributed by atoms with E-state index in [0.717, 1.165) is 15.8 Å². The van der Waals surface area contributed by atoms with Crippen LogP contribution in [0, 0.1) is 5.82 Å². The molecule has 2 aromatic rings. The van der Waals surface area contributed by atoms with Gasteiger partial charge in [-0.15, -0.1) is 11.6 Å². The SMILES string of the molecule is COc1ccc(COc2cc(F)cc(CCl)c2)cc1Br. The lowest BCUT2D eigenvalue weighted by atomic mass is 10.2. The molecule has 5 heteroatoms. The van der Waals surface area contributed by atoms with Gasteiger partial charge in [0.1, 0.15) is 23.9 Å². The Bertz CT molecular complexity index is 604. The molecule has 0 fully saturated rings. The van der Waals surface area contributed by atoms with Crippen LogP contribution in [0.3, 0.4) is 0 Å². The molecule has 0 aromatic heterocycles. The summed E-state index contributed by atoms with van der Waals surface area (Å²) >= 11 is 9.11. The smallest absolute Gasteiger partial charge is 0.133 e. The molecule has 106 valence electrons. The van der Waals surface area contributed by atoms with E-state index in [4.69, 9.17) is 21.1 Å². The monoisotopic (exact) mass is 358 g/mol. The Hall–Kier alpha value is -1.26. The van der Waals surface area contributed by atoms with Crippen LogP contribution in [0.4, 0.5) is 4.39 Å². The predicted octanol–water partition coefficient (Wildman–Crippen LogP) is 4.91. The van der Waals surface area contributed by atoms with Gasteiger partial charge in [0, 0.05) is 11.9 Å². The summed E-state index contributed by atoms with van der Waals surface area (Å²) in [5.74, 6) is 1.12. The number of alkyl halides is 1. The highest BCUT2D eigenvalue weighted by atomic mass is 79.9. The molecule has 0 aliphatic carbocycles. The van der Waals surface area contributed by atoms with Crippen LogP contribution < -0.4 is 9.47 Å². The van der Waals surface area contributed by atoms with Gasteiger partial charge in [0.25, 0.3) is 0 Å². The first-order valence-electron chi connectivity index (χ1n) is 5.93. The molecule has 0 saturated heterocycles. The lowest BCUT2D eigenvalue weighted by Gasteiger charge is -2.09. The van der Waals surface area contributed by atoms with Gasteiger partial charge in [0.05, 0.1) is 11.6 Å². The summed E-state index contributed by atoms with van der Waals surface area (Å²) in [5, 5.41) is 0. The Balaban J connectivity index is 2.08. The summed E-state index contributed by atoms with van der Waals surface area (Å²) < 4.78 is 24.9. The average Bonchev–Trinajstić information content (AvgIpc) is 2.44. The first-order chi connectivity index (χ1) is 9.62. The van der Waals surface area contributed by atoms with Crippen LogP contribution in [-0.2, 0) is 12.5 Å². The fourth-order valence-corrected chi connectivity index (χ4v) is 2.49. The van der Waals surface area contributed by atoms with E-state index in [9.17, 15) is 4.39 Å². The second-order valence-corrected chi connectivity index (χ2v) is 5.31. The van der Waals surface area contributed by atoms with Crippen LogP contribution >= 0.6 is 27.5 Å². The third-order valence-electron chi connectivity index (χ3n) is 2.71. The van der Waals surface area contributed by atoms with E-state index in [2.05, 4.69) is 15.9 Å². The van der Waals surface area contributed by atoms with E-state index in [1.54, 1.807) is 13.2 Å². The Kier molecular flexibility index (Phi) is 5.26. The first kappa shape index (κ1) is 15.1. The number of halogens is 3. The highest BCUT2D eigenvalue weighted by Crippen LogP contribution is 2.26. The molecule has 0 spiro atoms. The normalized spacial score (nSPS) is 10.4. The van der Waals surface area contributed by atoms with E-state index in [1.807, 2.05) is 18.2 Å². The van der Waals surface area contributed by atoms with Crippen molar-refractivity contribution in [2.45, 2.75) is 12.5 Å². The number of methoxy groups -OCH3 is 1. The van der Waals surface area contributed by atoms with Crippen LogP contribution in [-0.4, -0.2) is 7.11 Å². The maximum absolute atomic E-state index is 13.3. The minimum absolute atomic E-state index is 0.252. The van der Waals surface area contributed by atoms with Crippen molar-refractivity contribution >= 4 is 27.5 Å². The predicted molar refractivity (Wildman–Crippen MR) is 81.0 cm³/mol. The van der Waals surface area contributed by atoms with E-state index < -0.39 is 0 Å². The lowest BCUT2D eigenvalue weighted by molar-refractivity contribution is 0.304. The van der Waals surface area contributed by atoms with E-state index in [1.165, 1.54) is 12.1 Å². The quantitative estimate of drug-likeness (QED) is 0.706. The maximum atomic E-state index is 13.3. The molecule has 20 heavy (non-hydrogen) atoms. The van der Waals surface area contributed by atoms with Crippen molar-refractivity contribution in [2.24, 2.45) is 0 Å². The molecule has 0 saturated carbocycles. The van der Waals surface area contributed by atoms with Gasteiger partial charge in [-0.05, 0) is 51.3 Å². The standard InChI is InChI=1S/C15H13BrClFO2/c1-19-15-3-2-10(6-14(15)16)9-20-13-5-11(8-17)4-12(18)7-13/h2-7H,8-9H2,1H3. The molecule has 0 radical (unpaired) electrons. The number of ether oxygens (including phenoxy) is 2. The van der Waals surface area contributed by atoms with Gasteiger partial charge in [0.2, 0.25) is 0 Å². The zero-order valence-electron chi connectivity index (χ0n) is 10.8. The highest BCUT2D eigenvalue weighted by molar-refractivity contribution is 9.10. The fourth-order valence-electron chi connectivity index (χ4n) is 1.75. The zero-order valence-corrected chi connectivity index (χ0v) is 13.2. The zero-order chi connectivity index (χ0) is 14.5. The molecule has 2 aromatic carbocycles. The molecule has 2 nitrogen and oxygen atoms in total. The second-order valence-electron chi connectivity index (χ2n) is 4.19. The van der Waals surface area contributed by atoms with Gasteiger partial charge in [0.15, 0.2) is 0 Å². The highest BCUT2D eigenvalue weighted by Gasteiger charge is 2.04. The van der Waals surface area contributed by atoms with Crippen LogP contribution in [0.15, 0.2) is 40.9 Å². The van der Waals surface area contributed by atoms with Crippen LogP contribution in [0.1, 0.15) is 11.1 Å². The fraction of sp³-hybridized carbons (Fsp3) is 0.200. The van der Waals surface area contributed by atoms with Crippen molar-refractivity contribution < 1.29 is 13.9 Å². The van der Waals surface area contributed by atoms with Crippen molar-refractivity contribution in [1.29, 1.82) is 0 Å². The van der Waals surface area contributed by atoms with Crippen molar-refractivity contribution in [3.8, 4) is 11.5 Å². The van der Waals surface area contributed by atoms with Gasteiger partial charge >= 0.3 is 0 Å². The van der Waals surface area contributed by atoms with Crippen molar-refractivity contribution in [3.05, 3.63) is 57.8 Å². The van der Waals surface area contributed by atoms with Gasteiger partial charge in [-0.3, -0.25) is 0 Å². The second kappa shape index (κ2) is 6.95. The number of hydrogen-bond acceptors (Lipinski definition) is 2. The topological polar surface area (TPSA) is 18.5 Å². The molecule has 0 aliphatic heterocycles. The summed E-state index contributed by atoms with van der Waals surface area (Å²) in [6.07, 6.45) is 0. The third-order valence-corrected chi connectivity index (χ3v) is 3.64. The molecule has 0 atom stereocenters. The number of benzene rings is 2. The molecule has 0 N–H and O–H groups in total. The first-order valence-corrected chi connectivity index (χ1v) is 7.26. The summed E-state index contributed by atoms with van der Waals surface area (Å²) in [6.45, 7) is 0.341. The van der Waals surface area contributed by atoms with E-state index in [-0.39, 0.29) is 11.7 Å². The van der Waals surface area contributed by atoms with E-state index >= 15 is 0 Å². The molecule has 0 bridgehead atoms. The molecule has 0 heterocycles. The summed E-state index contributed by atoms with van der Waals surface area (Å²) in [4.78, 5) is 0. The molecule has 0 unspecified atom stereocenters. The van der Waals surface area contributed by atoms with Gasteiger partial charge in [-0.1, -0.05) is 6.07 Å². The van der Waals surface area contributed by atoms with Crippen LogP contribution in [0.5, 0.6) is 11.5 Å². The molecule has 0 aliphatic rings. The Morgan fingerprint density at radius 2 is 1.95 bits per heavy atom. The van der Waals surface area contributed by atoms with Gasteiger partial charge in [-0.25, -0.2) is 4.39 Å². The van der Waals surface area contributed by atoms with E-state index in [0.29, 0.717) is 17.9 Å². The van der Waals surface area contributed by atoms with Crippen molar-refractivity contribution in [2.75, 3.05) is 7.11 Å². The molecule has 2 rings (SSSR count). The average molecular weight is 360 g/mol. The summed E-state index contributed by atoms with van der Waals surface area (Å²) in [6, 6.07) is 10.1. The summed E-state index contributed by atoms with van der Waals surface area (Å²) in [5.41, 5.74) is 1.65. The Morgan fingerprint density at radius 3 is 2.60 bits per heavy atom. The van der Waals surface area contributed by atoms with Gasteiger partial charge < -0.3 is 9.47 Å². The van der Waals surface area contributed by atoms with Crippen LogP contribution in [0.25, 0.3) is 0 Å². The minimum atomic E-state index is -0.353. The van der Waals surface area contributed by atoms with Crippen molar-refractivity contribution in [1.82, 2.24) is 0 Å². The number of rotatable bonds is 5. The van der Waals surface area contributed by atoms with Crippen molar-refractivity contribution in [3.63, 3.8) is 0 Å². The third kappa shape index (κ3) is 3.87. The molecular formula is C15H13BrClFO2. The summed E-state index contributed by atoms with van der Waals surface area (Å²) in [7, 11) is 1.61. The molecular weight excluding hydrogens is 347 g/mol. The largest absolute Gasteiger partial charge is 0.496 e. The minimum Gasteiger partial charge on any atom is -0.496 e. The van der Waals surface area contributed by atoms with Crippen LogP contribution in [0.2, 0.25) is 0 Å². The number of hydrogen-bond donors (Lipinski definition) is 0. The maximum Gasteiger partial charge on any atom is 0.133 e. The molecule has 0 amide bonds. The lowest BCUT2D eigenvalue weighted by Crippen LogP contribution is -1.97. The Morgan fingerprint density at radius 1 is 1.15 bits per heavy atom. The Labute approximate surface area is 130 Å². The van der Waals surface area contributed by atoms with Gasteiger partial charge in [-0.2, -0.15) is 0 Å².